The van der Waals surface area contributed by atoms with Crippen molar-refractivity contribution in [3.8, 4) is 0 Å². The van der Waals surface area contributed by atoms with Gasteiger partial charge in [-0.25, -0.2) is 0 Å². The maximum absolute atomic E-state index is 12.4. The maximum Gasteiger partial charge on any atom is 0.306 e. The lowest BCUT2D eigenvalue weighted by atomic mass is 9.43. The van der Waals surface area contributed by atoms with Gasteiger partial charge in [0.05, 0.1) is 6.10 Å². The average Bonchev–Trinajstić information content (AvgIpc) is 3.40. The molecule has 5 heteroatoms. The van der Waals surface area contributed by atoms with Gasteiger partial charge in [0.25, 0.3) is 0 Å². The van der Waals surface area contributed by atoms with Crippen LogP contribution in [0.3, 0.4) is 0 Å². The molecule has 172 valence electrons. The normalized spacial score (nSPS) is 47.6. The molecular weight excluding hydrogens is 404 g/mol. The van der Waals surface area contributed by atoms with Gasteiger partial charge in [-0.15, -0.1) is 0 Å². The van der Waals surface area contributed by atoms with Crippen molar-refractivity contribution in [3.63, 3.8) is 0 Å². The molecule has 2 unspecified atom stereocenters. The fraction of sp³-hybridized carbons (Fsp3) is 0.704. The van der Waals surface area contributed by atoms with Gasteiger partial charge in [0.1, 0.15) is 17.1 Å². The zero-order valence-corrected chi connectivity index (χ0v) is 19.4. The van der Waals surface area contributed by atoms with Crippen LogP contribution in [0.1, 0.15) is 82.7 Å². The van der Waals surface area contributed by atoms with Crippen LogP contribution in [0.25, 0.3) is 0 Å². The van der Waals surface area contributed by atoms with E-state index in [-0.39, 0.29) is 40.3 Å². The molecule has 5 nitrogen and oxygen atoms in total. The second-order valence-electron chi connectivity index (χ2n) is 11.7. The molecule has 0 radical (unpaired) electrons. The largest absolute Gasteiger partial charge is 0.466 e. The first-order chi connectivity index (χ1) is 15.2. The molecule has 1 aliphatic heterocycles. The zero-order valence-electron chi connectivity index (χ0n) is 19.4. The van der Waals surface area contributed by atoms with Crippen LogP contribution in [0, 0.1) is 35.5 Å². The van der Waals surface area contributed by atoms with Crippen molar-refractivity contribution in [2.24, 2.45) is 28.6 Å². The summed E-state index contributed by atoms with van der Waals surface area (Å²) in [7, 11) is 0. The van der Waals surface area contributed by atoms with Crippen LogP contribution in [-0.2, 0) is 14.3 Å². The molecule has 32 heavy (non-hydrogen) atoms. The summed E-state index contributed by atoms with van der Waals surface area (Å²) in [6, 6.07) is 4.11. The molecule has 1 spiro atoms. The highest BCUT2D eigenvalue weighted by molar-refractivity contribution is 5.91. The number of hydrogen-bond donors (Lipinski definition) is 1. The van der Waals surface area contributed by atoms with Gasteiger partial charge >= 0.3 is 5.97 Å². The number of hydrogen-bond acceptors (Lipinski definition) is 5. The summed E-state index contributed by atoms with van der Waals surface area (Å²) in [5.41, 5.74) is 0.349. The third kappa shape index (κ3) is 2.55. The molecule has 4 fully saturated rings. The number of carbonyl (C=O) groups is 2. The number of furan rings is 1. The molecule has 4 aliphatic carbocycles. The van der Waals surface area contributed by atoms with Crippen LogP contribution in [0.2, 0.25) is 0 Å². The third-order valence-corrected chi connectivity index (χ3v) is 10.4. The minimum atomic E-state index is -0.490. The van der Waals surface area contributed by atoms with Gasteiger partial charge in [0, 0.05) is 24.2 Å². The van der Waals surface area contributed by atoms with Crippen LogP contribution in [-0.4, -0.2) is 28.6 Å². The Labute approximate surface area is 189 Å². The number of ether oxygens (including phenoxy) is 1. The fourth-order valence-corrected chi connectivity index (χ4v) is 8.90. The van der Waals surface area contributed by atoms with E-state index in [2.05, 4.69) is 19.9 Å². The molecule has 2 heterocycles. The lowest BCUT2D eigenvalue weighted by Crippen LogP contribution is -2.61. The molecule has 8 atom stereocenters. The Morgan fingerprint density at radius 3 is 2.59 bits per heavy atom. The molecule has 0 aromatic carbocycles. The number of aliphatic hydroxyl groups is 1. The summed E-state index contributed by atoms with van der Waals surface area (Å²) in [4.78, 5) is 24.6. The van der Waals surface area contributed by atoms with Crippen LogP contribution in [0.5, 0.6) is 0 Å². The molecule has 1 aromatic heterocycles. The van der Waals surface area contributed by atoms with E-state index >= 15 is 0 Å². The minimum absolute atomic E-state index is 0.0799. The highest BCUT2D eigenvalue weighted by atomic mass is 16.6. The smallest absolute Gasteiger partial charge is 0.306 e. The van der Waals surface area contributed by atoms with Crippen LogP contribution >= 0.6 is 0 Å². The van der Waals surface area contributed by atoms with Gasteiger partial charge in [-0.05, 0) is 86.8 Å². The van der Waals surface area contributed by atoms with Crippen molar-refractivity contribution < 1.29 is 23.8 Å². The molecule has 1 N–H and O–H groups in total. The van der Waals surface area contributed by atoms with Crippen molar-refractivity contribution in [2.75, 3.05) is 0 Å². The van der Waals surface area contributed by atoms with Gasteiger partial charge in [-0.3, -0.25) is 9.59 Å². The number of rotatable bonds is 1. The van der Waals surface area contributed by atoms with Crippen molar-refractivity contribution in [3.05, 3.63) is 35.3 Å². The summed E-state index contributed by atoms with van der Waals surface area (Å²) < 4.78 is 12.3. The van der Waals surface area contributed by atoms with Gasteiger partial charge in [0.15, 0.2) is 5.78 Å². The lowest BCUT2D eigenvalue weighted by molar-refractivity contribution is -0.188. The summed E-state index contributed by atoms with van der Waals surface area (Å²) in [6.07, 6.45) is 7.38. The summed E-state index contributed by atoms with van der Waals surface area (Å²) >= 11 is 0. The van der Waals surface area contributed by atoms with Crippen LogP contribution < -0.4 is 0 Å². The Bertz CT molecular complexity index is 1020. The quantitative estimate of drug-likeness (QED) is 0.634. The van der Waals surface area contributed by atoms with Crippen LogP contribution in [0.4, 0.5) is 0 Å². The first-order valence-corrected chi connectivity index (χ1v) is 12.4. The minimum Gasteiger partial charge on any atom is -0.466 e. The van der Waals surface area contributed by atoms with E-state index in [1.54, 1.807) is 0 Å². The molecule has 3 saturated carbocycles. The Kier molecular flexibility index (Phi) is 4.26. The van der Waals surface area contributed by atoms with Gasteiger partial charge < -0.3 is 14.3 Å². The molecule has 0 amide bonds. The van der Waals surface area contributed by atoms with Crippen molar-refractivity contribution in [1.82, 2.24) is 0 Å². The first kappa shape index (κ1) is 20.7. The lowest BCUT2D eigenvalue weighted by Gasteiger charge is -2.62. The van der Waals surface area contributed by atoms with Gasteiger partial charge in [-0.1, -0.05) is 19.4 Å². The van der Waals surface area contributed by atoms with E-state index in [9.17, 15) is 14.7 Å². The molecule has 0 bridgehead atoms. The predicted molar refractivity (Wildman–Crippen MR) is 118 cm³/mol. The topological polar surface area (TPSA) is 76.7 Å². The number of ketones is 1. The number of carbonyl (C=O) groups excluding carboxylic acids is 2. The van der Waals surface area contributed by atoms with Crippen molar-refractivity contribution in [1.29, 1.82) is 0 Å². The van der Waals surface area contributed by atoms with E-state index in [1.807, 2.05) is 19.1 Å². The number of fused-ring (bicyclic) bond motifs is 6. The number of aliphatic hydroxyl groups excluding tert-OH is 1. The summed E-state index contributed by atoms with van der Waals surface area (Å²) in [6.45, 7) is 6.52. The van der Waals surface area contributed by atoms with E-state index in [1.165, 1.54) is 5.57 Å². The van der Waals surface area contributed by atoms with Crippen LogP contribution in [0.15, 0.2) is 28.2 Å². The Morgan fingerprint density at radius 1 is 1.09 bits per heavy atom. The highest BCUT2D eigenvalue weighted by Crippen LogP contribution is 2.71. The van der Waals surface area contributed by atoms with Gasteiger partial charge in [0.2, 0.25) is 0 Å². The highest BCUT2D eigenvalue weighted by Gasteiger charge is 2.70. The average molecular weight is 439 g/mol. The molecule has 5 aliphatic rings. The second kappa shape index (κ2) is 6.59. The van der Waals surface area contributed by atoms with E-state index < -0.39 is 11.7 Å². The molecule has 1 aromatic rings. The van der Waals surface area contributed by atoms with Crippen molar-refractivity contribution in [2.45, 2.75) is 89.8 Å². The van der Waals surface area contributed by atoms with Crippen molar-refractivity contribution >= 4 is 11.8 Å². The number of aryl methyl sites for hydroxylation is 1. The van der Waals surface area contributed by atoms with E-state index in [0.29, 0.717) is 25.2 Å². The van der Waals surface area contributed by atoms with E-state index in [0.717, 1.165) is 43.6 Å². The molecule has 6 rings (SSSR count). The summed E-state index contributed by atoms with van der Waals surface area (Å²) in [5, 5.41) is 11.8. The SMILES string of the molecule is Cc1ccc(C2CC3=CC(=O)CC[C@]3(C)C3[C@@H]2[C@@H]2CC[C@@]4(CCC(=O)O4)[C@@]2(C)C[C@H]3O)o1. The monoisotopic (exact) mass is 438 g/mol. The predicted octanol–water partition coefficient (Wildman–Crippen LogP) is 4.86. The summed E-state index contributed by atoms with van der Waals surface area (Å²) in [5.74, 6) is 2.79. The Morgan fingerprint density at radius 2 is 1.91 bits per heavy atom. The third-order valence-electron chi connectivity index (χ3n) is 10.4. The first-order valence-electron chi connectivity index (χ1n) is 12.4. The standard InChI is InChI=1S/C27H34O5/c1-15-4-5-21(31-15)18-13-16-12-17(28)6-9-25(16,2)24-20(29)14-26(3)19(23(18)24)7-10-27(26)11-8-22(30)32-27/h4-5,12,18-20,23-24,29H,6-11,13-14H2,1-3H3/t18?,19-,20+,23-,24?,25-,26-,27+/m0/s1. The number of esters is 1. The maximum atomic E-state index is 12.4. The molecule has 1 saturated heterocycles. The fourth-order valence-electron chi connectivity index (χ4n) is 8.90. The zero-order chi connectivity index (χ0) is 22.5. The second-order valence-corrected chi connectivity index (χ2v) is 11.7. The Hall–Kier alpha value is -1.88. The molecular formula is C27H34O5. The Balaban J connectivity index is 1.50. The number of allylic oxidation sites excluding steroid dienone is 1. The van der Waals surface area contributed by atoms with E-state index in [4.69, 9.17) is 9.15 Å². The van der Waals surface area contributed by atoms with Gasteiger partial charge in [-0.2, -0.15) is 0 Å².